The molecule has 8 heteroatoms. The zero-order valence-electron chi connectivity index (χ0n) is 15.7. The lowest BCUT2D eigenvalue weighted by Gasteiger charge is -2.35. The Hall–Kier alpha value is -0.220. The Morgan fingerprint density at radius 2 is 2.20 bits per heavy atom. The maximum atomic E-state index is 11.9. The summed E-state index contributed by atoms with van der Waals surface area (Å²) in [4.78, 5) is 20.4. The first-order valence-electron chi connectivity index (χ1n) is 9.06. The number of carbonyl (C=O) groups excluding carboxylic acids is 1. The molecule has 0 saturated carbocycles. The number of hydrogen-bond acceptors (Lipinski definition) is 4. The molecule has 2 unspecified atom stereocenters. The van der Waals surface area contributed by atoms with Crippen molar-refractivity contribution in [1.29, 1.82) is 0 Å². The van der Waals surface area contributed by atoms with Crippen LogP contribution in [-0.4, -0.2) is 85.7 Å². The van der Waals surface area contributed by atoms with Crippen molar-refractivity contribution in [2.45, 2.75) is 44.0 Å². The quantitative estimate of drug-likeness (QED) is 0.368. The molecule has 0 bridgehead atoms. The van der Waals surface area contributed by atoms with Crippen LogP contribution in [0.5, 0.6) is 0 Å². The van der Waals surface area contributed by atoms with Crippen molar-refractivity contribution in [1.82, 2.24) is 15.1 Å². The van der Waals surface area contributed by atoms with Gasteiger partial charge < -0.3 is 19.9 Å². The predicted octanol–water partition coefficient (Wildman–Crippen LogP) is 2.03. The van der Waals surface area contributed by atoms with Gasteiger partial charge in [-0.25, -0.2) is 4.99 Å². The first-order valence-corrected chi connectivity index (χ1v) is 10.1. The van der Waals surface area contributed by atoms with Gasteiger partial charge in [-0.3, -0.25) is 4.79 Å². The summed E-state index contributed by atoms with van der Waals surface area (Å²) < 4.78 is 5.81. The molecule has 0 aromatic carbocycles. The highest BCUT2D eigenvalue weighted by Gasteiger charge is 2.23. The summed E-state index contributed by atoms with van der Waals surface area (Å²) in [6.07, 6.45) is 4.92. The SMILES string of the molecule is CCC1CN(C(=NCC(=O)N(C)C)NCC2CCCCO2)CCS1.I. The van der Waals surface area contributed by atoms with E-state index in [0.717, 1.165) is 57.2 Å². The molecule has 146 valence electrons. The third-order valence-electron chi connectivity index (χ3n) is 4.52. The van der Waals surface area contributed by atoms with E-state index < -0.39 is 0 Å². The van der Waals surface area contributed by atoms with Gasteiger partial charge in [0.15, 0.2) is 5.96 Å². The summed E-state index contributed by atoms with van der Waals surface area (Å²) in [5, 5.41) is 4.11. The molecule has 2 fully saturated rings. The summed E-state index contributed by atoms with van der Waals surface area (Å²) in [5.41, 5.74) is 0. The maximum absolute atomic E-state index is 11.9. The van der Waals surface area contributed by atoms with Crippen LogP contribution >= 0.6 is 35.7 Å². The number of ether oxygens (including phenoxy) is 1. The normalized spacial score (nSPS) is 24.4. The number of likely N-dealkylation sites (N-methyl/N-ethyl adjacent to an activating group) is 1. The molecule has 1 amide bonds. The Labute approximate surface area is 173 Å². The number of carbonyl (C=O) groups is 1. The predicted molar refractivity (Wildman–Crippen MR) is 116 cm³/mol. The van der Waals surface area contributed by atoms with Crippen LogP contribution < -0.4 is 5.32 Å². The summed E-state index contributed by atoms with van der Waals surface area (Å²) in [6.45, 7) is 6.03. The van der Waals surface area contributed by atoms with E-state index in [2.05, 4.69) is 22.1 Å². The fourth-order valence-electron chi connectivity index (χ4n) is 2.88. The third-order valence-corrected chi connectivity index (χ3v) is 5.89. The zero-order valence-corrected chi connectivity index (χ0v) is 18.8. The number of amides is 1. The molecule has 2 rings (SSSR count). The summed E-state index contributed by atoms with van der Waals surface area (Å²) >= 11 is 2.04. The molecule has 2 aliphatic rings. The Morgan fingerprint density at radius 3 is 2.84 bits per heavy atom. The van der Waals surface area contributed by atoms with Crippen LogP contribution in [0, 0.1) is 0 Å². The number of aliphatic imine (C=N–C) groups is 1. The van der Waals surface area contributed by atoms with Crippen LogP contribution in [0.15, 0.2) is 4.99 Å². The van der Waals surface area contributed by atoms with Crippen molar-refractivity contribution in [2.75, 3.05) is 52.6 Å². The van der Waals surface area contributed by atoms with Crippen molar-refractivity contribution in [2.24, 2.45) is 4.99 Å². The average molecular weight is 484 g/mol. The van der Waals surface area contributed by atoms with E-state index in [9.17, 15) is 4.79 Å². The van der Waals surface area contributed by atoms with Gasteiger partial charge in [0.25, 0.3) is 0 Å². The molecule has 25 heavy (non-hydrogen) atoms. The monoisotopic (exact) mass is 484 g/mol. The minimum Gasteiger partial charge on any atom is -0.376 e. The van der Waals surface area contributed by atoms with Crippen LogP contribution in [0.3, 0.4) is 0 Å². The Bertz CT molecular complexity index is 431. The standard InChI is InChI=1S/C17H32N4O2S.HI/c1-4-15-13-21(8-10-24-15)17(19-12-16(22)20(2)3)18-11-14-7-5-6-9-23-14;/h14-15H,4-13H2,1-3H3,(H,18,19);1H. The molecule has 2 heterocycles. The highest BCUT2D eigenvalue weighted by Crippen LogP contribution is 2.21. The fraction of sp³-hybridized carbons (Fsp3) is 0.882. The van der Waals surface area contributed by atoms with Gasteiger partial charge in [-0.1, -0.05) is 6.92 Å². The van der Waals surface area contributed by atoms with Gasteiger partial charge in [-0.15, -0.1) is 24.0 Å². The van der Waals surface area contributed by atoms with Gasteiger partial charge in [0.2, 0.25) is 5.91 Å². The van der Waals surface area contributed by atoms with E-state index in [1.165, 1.54) is 6.42 Å². The summed E-state index contributed by atoms with van der Waals surface area (Å²) in [6, 6.07) is 0. The molecule has 0 spiro atoms. The number of thioether (sulfide) groups is 1. The highest BCUT2D eigenvalue weighted by atomic mass is 127. The molecule has 2 saturated heterocycles. The van der Waals surface area contributed by atoms with Gasteiger partial charge in [0, 0.05) is 51.3 Å². The molecule has 6 nitrogen and oxygen atoms in total. The van der Waals surface area contributed by atoms with E-state index in [4.69, 9.17) is 4.74 Å². The number of halogens is 1. The second-order valence-corrected chi connectivity index (χ2v) is 8.05. The van der Waals surface area contributed by atoms with Crippen molar-refractivity contribution in [3.8, 4) is 0 Å². The van der Waals surface area contributed by atoms with E-state index in [0.29, 0.717) is 5.25 Å². The summed E-state index contributed by atoms with van der Waals surface area (Å²) in [7, 11) is 3.54. The average Bonchev–Trinajstić information content (AvgIpc) is 2.62. The number of rotatable bonds is 5. The maximum Gasteiger partial charge on any atom is 0.243 e. The Morgan fingerprint density at radius 1 is 1.40 bits per heavy atom. The van der Waals surface area contributed by atoms with Crippen LogP contribution in [0.1, 0.15) is 32.6 Å². The van der Waals surface area contributed by atoms with Gasteiger partial charge in [-0.2, -0.15) is 11.8 Å². The summed E-state index contributed by atoms with van der Waals surface area (Å²) in [5.74, 6) is 2.00. The van der Waals surface area contributed by atoms with Crippen LogP contribution in [0.2, 0.25) is 0 Å². The first kappa shape index (κ1) is 22.8. The van der Waals surface area contributed by atoms with E-state index in [1.807, 2.05) is 11.8 Å². The molecule has 2 atom stereocenters. The van der Waals surface area contributed by atoms with E-state index in [1.54, 1.807) is 19.0 Å². The van der Waals surface area contributed by atoms with Crippen molar-refractivity contribution in [3.63, 3.8) is 0 Å². The molecule has 0 aromatic heterocycles. The molecule has 0 aromatic rings. The zero-order chi connectivity index (χ0) is 17.4. The van der Waals surface area contributed by atoms with Gasteiger partial charge in [-0.05, 0) is 25.7 Å². The molecule has 0 aliphatic carbocycles. The first-order chi connectivity index (χ1) is 11.6. The smallest absolute Gasteiger partial charge is 0.243 e. The van der Waals surface area contributed by atoms with Gasteiger partial charge in [0.05, 0.1) is 6.10 Å². The number of guanidine groups is 1. The van der Waals surface area contributed by atoms with Crippen LogP contribution in [-0.2, 0) is 9.53 Å². The lowest BCUT2D eigenvalue weighted by molar-refractivity contribution is -0.127. The number of hydrogen-bond donors (Lipinski definition) is 1. The number of nitrogens with one attached hydrogen (secondary N) is 1. The second-order valence-electron chi connectivity index (χ2n) is 6.64. The van der Waals surface area contributed by atoms with Crippen molar-refractivity contribution < 1.29 is 9.53 Å². The van der Waals surface area contributed by atoms with Crippen LogP contribution in [0.4, 0.5) is 0 Å². The molecule has 0 radical (unpaired) electrons. The van der Waals surface area contributed by atoms with Gasteiger partial charge >= 0.3 is 0 Å². The van der Waals surface area contributed by atoms with E-state index >= 15 is 0 Å². The molecular formula is C17H33IN4O2S. The Kier molecular flexibility index (Phi) is 11.2. The topological polar surface area (TPSA) is 57.2 Å². The minimum atomic E-state index is 0. The van der Waals surface area contributed by atoms with E-state index in [-0.39, 0.29) is 42.5 Å². The lowest BCUT2D eigenvalue weighted by atomic mass is 10.1. The highest BCUT2D eigenvalue weighted by molar-refractivity contribution is 14.0. The largest absolute Gasteiger partial charge is 0.376 e. The molecule has 1 N–H and O–H groups in total. The van der Waals surface area contributed by atoms with Gasteiger partial charge in [0.1, 0.15) is 6.54 Å². The van der Waals surface area contributed by atoms with Crippen LogP contribution in [0.25, 0.3) is 0 Å². The fourth-order valence-corrected chi connectivity index (χ4v) is 4.06. The van der Waals surface area contributed by atoms with Crippen molar-refractivity contribution >= 4 is 47.6 Å². The Balaban J connectivity index is 0.00000312. The lowest BCUT2D eigenvalue weighted by Crippen LogP contribution is -2.50. The second kappa shape index (κ2) is 12.2. The molecular weight excluding hydrogens is 451 g/mol. The molecule has 2 aliphatic heterocycles. The number of nitrogens with zero attached hydrogens (tertiary/aromatic N) is 3. The minimum absolute atomic E-state index is 0. The third kappa shape index (κ3) is 7.90. The van der Waals surface area contributed by atoms with Crippen molar-refractivity contribution in [3.05, 3.63) is 0 Å².